The first-order valence-electron chi connectivity index (χ1n) is 6.19. The zero-order valence-corrected chi connectivity index (χ0v) is 12.0. The van der Waals surface area contributed by atoms with Crippen LogP contribution in [0.25, 0.3) is 10.2 Å². The fourth-order valence-corrected chi connectivity index (χ4v) is 2.37. The maximum absolute atomic E-state index is 11.9. The third kappa shape index (κ3) is 3.09. The van der Waals surface area contributed by atoms with Gasteiger partial charge in [-0.25, -0.2) is 4.79 Å². The van der Waals surface area contributed by atoms with Crippen molar-refractivity contribution >= 4 is 39.2 Å². The van der Waals surface area contributed by atoms with Crippen molar-refractivity contribution < 1.29 is 9.53 Å². The Morgan fingerprint density at radius 1 is 1.10 bits per heavy atom. The highest BCUT2D eigenvalue weighted by atomic mass is 32.1. The Balaban J connectivity index is 1.67. The number of nitrogens with zero attached hydrogens (tertiary/aromatic N) is 2. The summed E-state index contributed by atoms with van der Waals surface area (Å²) in [5.74, 6) is 0.738. The van der Waals surface area contributed by atoms with Gasteiger partial charge in [-0.15, -0.1) is 5.10 Å². The first kappa shape index (κ1) is 13.3. The lowest BCUT2D eigenvalue weighted by Crippen LogP contribution is -2.19. The molecule has 0 aliphatic rings. The summed E-state index contributed by atoms with van der Waals surface area (Å²) in [6, 6.07) is 12.3. The van der Waals surface area contributed by atoms with Crippen LogP contribution in [0, 0.1) is 0 Å². The second kappa shape index (κ2) is 5.76. The van der Waals surface area contributed by atoms with Crippen molar-refractivity contribution in [2.24, 2.45) is 0 Å². The molecule has 21 heavy (non-hydrogen) atoms. The number of methoxy groups -OCH3 is 1. The van der Waals surface area contributed by atoms with Crippen molar-refractivity contribution in [3.8, 4) is 5.75 Å². The van der Waals surface area contributed by atoms with Crippen LogP contribution in [0.3, 0.4) is 0 Å². The van der Waals surface area contributed by atoms with Crippen LogP contribution in [-0.2, 0) is 0 Å². The van der Waals surface area contributed by atoms with Gasteiger partial charge in [-0.3, -0.25) is 0 Å². The minimum Gasteiger partial charge on any atom is -0.497 e. The summed E-state index contributed by atoms with van der Waals surface area (Å²) < 4.78 is 9.90. The number of carbonyl (C=O) groups is 1. The van der Waals surface area contributed by atoms with Gasteiger partial charge in [0.05, 0.1) is 11.8 Å². The molecule has 0 radical (unpaired) electrons. The van der Waals surface area contributed by atoms with Gasteiger partial charge in [-0.1, -0.05) is 4.49 Å². The average Bonchev–Trinajstić information content (AvgIpc) is 2.95. The number of carbonyl (C=O) groups excluding carboxylic acids is 1. The number of hydrogen-bond acceptors (Lipinski definition) is 5. The smallest absolute Gasteiger partial charge is 0.323 e. The molecule has 0 spiro atoms. The molecule has 0 saturated heterocycles. The van der Waals surface area contributed by atoms with Gasteiger partial charge in [0.15, 0.2) is 0 Å². The summed E-state index contributed by atoms with van der Waals surface area (Å²) in [4.78, 5) is 11.9. The molecule has 2 aromatic carbocycles. The van der Waals surface area contributed by atoms with Crippen LogP contribution in [-0.4, -0.2) is 22.7 Å². The molecule has 7 heteroatoms. The van der Waals surface area contributed by atoms with Crippen molar-refractivity contribution in [2.75, 3.05) is 17.7 Å². The first-order valence-corrected chi connectivity index (χ1v) is 6.96. The van der Waals surface area contributed by atoms with E-state index in [0.29, 0.717) is 11.4 Å². The van der Waals surface area contributed by atoms with Crippen molar-refractivity contribution in [1.82, 2.24) is 9.59 Å². The minimum atomic E-state index is -0.317. The van der Waals surface area contributed by atoms with Crippen molar-refractivity contribution in [1.29, 1.82) is 0 Å². The van der Waals surface area contributed by atoms with E-state index >= 15 is 0 Å². The molecule has 3 aromatic rings. The predicted octanol–water partition coefficient (Wildman–Crippen LogP) is 3.34. The second-order valence-electron chi connectivity index (χ2n) is 4.26. The highest BCUT2D eigenvalue weighted by Gasteiger charge is 2.05. The molecule has 2 amide bonds. The fraction of sp³-hybridized carbons (Fsp3) is 0.0714. The molecular weight excluding hydrogens is 288 g/mol. The number of rotatable bonds is 3. The van der Waals surface area contributed by atoms with E-state index in [1.165, 1.54) is 11.5 Å². The lowest BCUT2D eigenvalue weighted by Gasteiger charge is -2.08. The predicted molar refractivity (Wildman–Crippen MR) is 83.1 cm³/mol. The summed E-state index contributed by atoms with van der Waals surface area (Å²) in [7, 11) is 1.60. The topological polar surface area (TPSA) is 76.1 Å². The monoisotopic (exact) mass is 300 g/mol. The number of fused-ring (bicyclic) bond motifs is 1. The molecule has 0 fully saturated rings. The van der Waals surface area contributed by atoms with Crippen LogP contribution < -0.4 is 15.4 Å². The van der Waals surface area contributed by atoms with E-state index in [4.69, 9.17) is 4.74 Å². The zero-order chi connectivity index (χ0) is 14.7. The quantitative estimate of drug-likeness (QED) is 0.777. The Hall–Kier alpha value is -2.67. The van der Waals surface area contributed by atoms with Crippen LogP contribution >= 0.6 is 11.5 Å². The Bertz CT molecular complexity index is 770. The van der Waals surface area contributed by atoms with Gasteiger partial charge < -0.3 is 15.4 Å². The second-order valence-corrected chi connectivity index (χ2v) is 5.05. The molecule has 1 aromatic heterocycles. The number of hydrogen-bond donors (Lipinski definition) is 2. The van der Waals surface area contributed by atoms with Gasteiger partial charge in [-0.05, 0) is 54.0 Å². The van der Waals surface area contributed by atoms with Gasteiger partial charge in [0.25, 0.3) is 0 Å². The van der Waals surface area contributed by atoms with Crippen molar-refractivity contribution in [3.63, 3.8) is 0 Å². The maximum Gasteiger partial charge on any atom is 0.323 e. The minimum absolute atomic E-state index is 0.317. The SMILES string of the molecule is COc1ccc(NC(=O)Nc2ccc3snnc3c2)cc1. The molecule has 0 saturated carbocycles. The van der Waals surface area contributed by atoms with Crippen molar-refractivity contribution in [2.45, 2.75) is 0 Å². The highest BCUT2D eigenvalue weighted by Crippen LogP contribution is 2.20. The standard InChI is InChI=1S/C14H12N4O2S/c1-20-11-5-2-9(3-6-11)15-14(19)16-10-4-7-13-12(8-10)17-18-21-13/h2-8H,1H3,(H2,15,16,19). The third-order valence-electron chi connectivity index (χ3n) is 2.85. The fourth-order valence-electron chi connectivity index (χ4n) is 1.83. The molecule has 0 aliphatic carbocycles. The lowest BCUT2D eigenvalue weighted by atomic mass is 10.3. The molecular formula is C14H12N4O2S. The van der Waals surface area contributed by atoms with E-state index in [1.54, 1.807) is 37.4 Å². The Morgan fingerprint density at radius 3 is 2.57 bits per heavy atom. The van der Waals surface area contributed by atoms with Crippen LogP contribution in [0.1, 0.15) is 0 Å². The van der Waals surface area contributed by atoms with E-state index < -0.39 is 0 Å². The molecule has 0 aliphatic heterocycles. The van der Waals surface area contributed by atoms with Crippen LogP contribution in [0.5, 0.6) is 5.75 Å². The summed E-state index contributed by atoms with van der Waals surface area (Å²) in [6.45, 7) is 0. The normalized spacial score (nSPS) is 10.3. The molecule has 0 atom stereocenters. The van der Waals surface area contributed by atoms with Gasteiger partial charge >= 0.3 is 6.03 Å². The molecule has 0 bridgehead atoms. The van der Waals surface area contributed by atoms with Crippen LogP contribution in [0.4, 0.5) is 16.2 Å². The van der Waals surface area contributed by atoms with E-state index in [2.05, 4.69) is 20.2 Å². The van der Waals surface area contributed by atoms with E-state index in [-0.39, 0.29) is 6.03 Å². The third-order valence-corrected chi connectivity index (χ3v) is 3.56. The van der Waals surface area contributed by atoms with Gasteiger partial charge in [0, 0.05) is 11.4 Å². The summed E-state index contributed by atoms with van der Waals surface area (Å²) >= 11 is 1.32. The largest absolute Gasteiger partial charge is 0.497 e. The molecule has 2 N–H and O–H groups in total. The molecule has 1 heterocycles. The van der Waals surface area contributed by atoms with E-state index in [9.17, 15) is 4.79 Å². The lowest BCUT2D eigenvalue weighted by molar-refractivity contribution is 0.262. The van der Waals surface area contributed by atoms with Gasteiger partial charge in [-0.2, -0.15) is 0 Å². The summed E-state index contributed by atoms with van der Waals surface area (Å²) in [6.07, 6.45) is 0. The average molecular weight is 300 g/mol. The number of anilines is 2. The van der Waals surface area contributed by atoms with Gasteiger partial charge in [0.2, 0.25) is 0 Å². The Labute approximate surface area is 124 Å². The number of amides is 2. The number of urea groups is 1. The Morgan fingerprint density at radius 2 is 1.81 bits per heavy atom. The zero-order valence-electron chi connectivity index (χ0n) is 11.2. The maximum atomic E-state index is 11.9. The number of aromatic nitrogens is 2. The van der Waals surface area contributed by atoms with Gasteiger partial charge in [0.1, 0.15) is 11.3 Å². The highest BCUT2D eigenvalue weighted by molar-refractivity contribution is 7.12. The molecule has 3 rings (SSSR count). The summed E-state index contributed by atoms with van der Waals surface area (Å²) in [5.41, 5.74) is 2.12. The van der Waals surface area contributed by atoms with Crippen molar-refractivity contribution in [3.05, 3.63) is 42.5 Å². The molecule has 106 valence electrons. The first-order chi connectivity index (χ1) is 10.2. The molecule has 0 unspecified atom stereocenters. The van der Waals surface area contributed by atoms with Crippen LogP contribution in [0.2, 0.25) is 0 Å². The number of benzene rings is 2. The number of ether oxygens (including phenoxy) is 1. The Kier molecular flexibility index (Phi) is 3.65. The summed E-state index contributed by atoms with van der Waals surface area (Å²) in [5, 5.41) is 9.47. The van der Waals surface area contributed by atoms with Crippen LogP contribution in [0.15, 0.2) is 42.5 Å². The molecule has 6 nitrogen and oxygen atoms in total. The number of nitrogens with one attached hydrogen (secondary N) is 2. The van der Waals surface area contributed by atoms with E-state index in [1.807, 2.05) is 12.1 Å². The van der Waals surface area contributed by atoms with E-state index in [0.717, 1.165) is 16.0 Å².